The van der Waals surface area contributed by atoms with E-state index in [1.165, 1.54) is 12.3 Å². The lowest BCUT2D eigenvalue weighted by molar-refractivity contribution is 0.0931. The van der Waals surface area contributed by atoms with Gasteiger partial charge in [-0.05, 0) is 37.5 Å². The normalized spacial score (nSPS) is 12.1. The van der Waals surface area contributed by atoms with Gasteiger partial charge in [0.15, 0.2) is 5.69 Å². The number of hydrogen-bond donors (Lipinski definition) is 2. The number of amides is 1. The molecule has 4 nitrogen and oxygen atoms in total. The molecule has 16 heavy (non-hydrogen) atoms. The lowest BCUT2D eigenvalue weighted by Crippen LogP contribution is -2.33. The molecule has 1 heterocycles. The molecule has 1 amide bonds. The third kappa shape index (κ3) is 3.73. The SMILES string of the molecule is CSCCC(C)NC(=O)c1ncccc1O. The Hall–Kier alpha value is -1.23. The van der Waals surface area contributed by atoms with Crippen molar-refractivity contribution >= 4 is 17.7 Å². The van der Waals surface area contributed by atoms with Gasteiger partial charge >= 0.3 is 0 Å². The van der Waals surface area contributed by atoms with Gasteiger partial charge in [0.2, 0.25) is 0 Å². The van der Waals surface area contributed by atoms with Crippen LogP contribution in [0, 0.1) is 0 Å². The van der Waals surface area contributed by atoms with Gasteiger partial charge in [0.05, 0.1) is 0 Å². The van der Waals surface area contributed by atoms with Crippen LogP contribution in [0.1, 0.15) is 23.8 Å². The molecule has 0 bridgehead atoms. The molecule has 1 atom stereocenters. The van der Waals surface area contributed by atoms with Crippen molar-refractivity contribution in [2.75, 3.05) is 12.0 Å². The van der Waals surface area contributed by atoms with E-state index in [1.807, 2.05) is 13.2 Å². The number of aromatic nitrogens is 1. The zero-order valence-electron chi connectivity index (χ0n) is 9.43. The van der Waals surface area contributed by atoms with Gasteiger partial charge < -0.3 is 10.4 Å². The first-order valence-electron chi connectivity index (χ1n) is 5.09. The number of nitrogens with zero attached hydrogens (tertiary/aromatic N) is 1. The van der Waals surface area contributed by atoms with Crippen molar-refractivity contribution in [2.45, 2.75) is 19.4 Å². The van der Waals surface area contributed by atoms with Gasteiger partial charge in [-0.1, -0.05) is 0 Å². The Morgan fingerprint density at radius 1 is 1.69 bits per heavy atom. The Morgan fingerprint density at radius 3 is 3.06 bits per heavy atom. The second-order valence-electron chi connectivity index (χ2n) is 3.53. The van der Waals surface area contributed by atoms with E-state index in [-0.39, 0.29) is 23.4 Å². The van der Waals surface area contributed by atoms with Gasteiger partial charge in [0.25, 0.3) is 5.91 Å². The van der Waals surface area contributed by atoms with Gasteiger partial charge in [0.1, 0.15) is 5.75 Å². The summed E-state index contributed by atoms with van der Waals surface area (Å²) in [5, 5.41) is 12.2. The number of hydrogen-bond acceptors (Lipinski definition) is 4. The molecule has 2 N–H and O–H groups in total. The third-order valence-corrected chi connectivity index (χ3v) is 2.78. The average molecular weight is 240 g/mol. The van der Waals surface area contributed by atoms with Gasteiger partial charge in [-0.15, -0.1) is 0 Å². The highest BCUT2D eigenvalue weighted by molar-refractivity contribution is 7.98. The summed E-state index contributed by atoms with van der Waals surface area (Å²) >= 11 is 1.74. The van der Waals surface area contributed by atoms with Crippen LogP contribution in [0.4, 0.5) is 0 Å². The van der Waals surface area contributed by atoms with Gasteiger partial charge in [-0.3, -0.25) is 4.79 Å². The summed E-state index contributed by atoms with van der Waals surface area (Å²) in [7, 11) is 0. The maximum atomic E-state index is 11.7. The number of rotatable bonds is 5. The molecule has 0 radical (unpaired) electrons. The summed E-state index contributed by atoms with van der Waals surface area (Å²) in [4.78, 5) is 15.5. The van der Waals surface area contributed by atoms with Crippen molar-refractivity contribution < 1.29 is 9.90 Å². The Bertz CT molecular complexity index is 358. The molecule has 1 aromatic rings. The first kappa shape index (κ1) is 12.8. The van der Waals surface area contributed by atoms with Gasteiger partial charge in [0, 0.05) is 12.2 Å². The fourth-order valence-electron chi connectivity index (χ4n) is 1.23. The standard InChI is InChI=1S/C11H16N2O2S/c1-8(5-7-16-2)13-11(15)10-9(14)4-3-6-12-10/h3-4,6,8,14H,5,7H2,1-2H3,(H,13,15). The number of carbonyl (C=O) groups is 1. The Balaban J connectivity index is 2.56. The molecule has 0 aliphatic heterocycles. The van der Waals surface area contributed by atoms with E-state index in [0.717, 1.165) is 12.2 Å². The predicted molar refractivity (Wildman–Crippen MR) is 65.8 cm³/mol. The largest absolute Gasteiger partial charge is 0.505 e. The van der Waals surface area contributed by atoms with Crippen LogP contribution in [0.5, 0.6) is 5.75 Å². The average Bonchev–Trinajstić information content (AvgIpc) is 2.26. The van der Waals surface area contributed by atoms with Crippen LogP contribution in [-0.4, -0.2) is 34.0 Å². The fraction of sp³-hybridized carbons (Fsp3) is 0.455. The topological polar surface area (TPSA) is 62.2 Å². The van der Waals surface area contributed by atoms with E-state index >= 15 is 0 Å². The molecular formula is C11H16N2O2S. The summed E-state index contributed by atoms with van der Waals surface area (Å²) in [6.07, 6.45) is 4.42. The minimum absolute atomic E-state index is 0.0819. The molecule has 0 aliphatic rings. The molecule has 0 aromatic carbocycles. The van der Waals surface area contributed by atoms with Crippen molar-refractivity contribution in [2.24, 2.45) is 0 Å². The predicted octanol–water partition coefficient (Wildman–Crippen LogP) is 1.66. The van der Waals surface area contributed by atoms with Crippen molar-refractivity contribution in [1.82, 2.24) is 10.3 Å². The summed E-state index contributed by atoms with van der Waals surface area (Å²) < 4.78 is 0. The van der Waals surface area contributed by atoms with E-state index < -0.39 is 0 Å². The highest BCUT2D eigenvalue weighted by atomic mass is 32.2. The van der Waals surface area contributed by atoms with Crippen molar-refractivity contribution in [1.29, 1.82) is 0 Å². The van der Waals surface area contributed by atoms with Crippen LogP contribution in [0.3, 0.4) is 0 Å². The zero-order chi connectivity index (χ0) is 12.0. The molecule has 5 heteroatoms. The minimum Gasteiger partial charge on any atom is -0.505 e. The molecule has 0 aliphatic carbocycles. The highest BCUT2D eigenvalue weighted by Crippen LogP contribution is 2.12. The quantitative estimate of drug-likeness (QED) is 0.821. The number of thioether (sulfide) groups is 1. The van der Waals surface area contributed by atoms with E-state index in [0.29, 0.717) is 0 Å². The molecule has 0 saturated carbocycles. The molecule has 1 rings (SSSR count). The number of aromatic hydroxyl groups is 1. The molecular weight excluding hydrogens is 224 g/mol. The maximum absolute atomic E-state index is 11.7. The third-order valence-electron chi connectivity index (χ3n) is 2.13. The summed E-state index contributed by atoms with van der Waals surface area (Å²) in [5.74, 6) is 0.583. The molecule has 0 spiro atoms. The van der Waals surface area contributed by atoms with Crippen molar-refractivity contribution in [3.8, 4) is 5.75 Å². The second-order valence-corrected chi connectivity index (χ2v) is 4.51. The van der Waals surface area contributed by atoms with Crippen LogP contribution in [-0.2, 0) is 0 Å². The van der Waals surface area contributed by atoms with Crippen molar-refractivity contribution in [3.05, 3.63) is 24.0 Å². The van der Waals surface area contributed by atoms with Gasteiger partial charge in [-0.2, -0.15) is 11.8 Å². The first-order chi connectivity index (χ1) is 7.65. The molecule has 1 aromatic heterocycles. The van der Waals surface area contributed by atoms with Crippen LogP contribution < -0.4 is 5.32 Å². The first-order valence-corrected chi connectivity index (χ1v) is 6.48. The maximum Gasteiger partial charge on any atom is 0.273 e. The van der Waals surface area contributed by atoms with E-state index in [9.17, 15) is 9.90 Å². The molecule has 0 fully saturated rings. The smallest absolute Gasteiger partial charge is 0.273 e. The molecule has 88 valence electrons. The molecule has 0 saturated heterocycles. The molecule has 1 unspecified atom stereocenters. The van der Waals surface area contributed by atoms with Crippen LogP contribution >= 0.6 is 11.8 Å². The Labute approximate surface area is 99.5 Å². The van der Waals surface area contributed by atoms with Gasteiger partial charge in [-0.25, -0.2) is 4.98 Å². The van der Waals surface area contributed by atoms with E-state index in [2.05, 4.69) is 10.3 Å². The van der Waals surface area contributed by atoms with Crippen LogP contribution in [0.15, 0.2) is 18.3 Å². The minimum atomic E-state index is -0.327. The van der Waals surface area contributed by atoms with Crippen LogP contribution in [0.2, 0.25) is 0 Å². The Kier molecular flexibility index (Phi) is 5.11. The summed E-state index contributed by atoms with van der Waals surface area (Å²) in [5.41, 5.74) is 0.0819. The number of carbonyl (C=O) groups excluding carboxylic acids is 1. The second kappa shape index (κ2) is 6.37. The lowest BCUT2D eigenvalue weighted by Gasteiger charge is -2.12. The van der Waals surface area contributed by atoms with E-state index in [4.69, 9.17) is 0 Å². The summed E-state index contributed by atoms with van der Waals surface area (Å²) in [6, 6.07) is 3.12. The lowest BCUT2D eigenvalue weighted by atomic mass is 10.2. The zero-order valence-corrected chi connectivity index (χ0v) is 10.3. The fourth-order valence-corrected chi connectivity index (χ4v) is 1.82. The Morgan fingerprint density at radius 2 is 2.44 bits per heavy atom. The van der Waals surface area contributed by atoms with Crippen molar-refractivity contribution in [3.63, 3.8) is 0 Å². The van der Waals surface area contributed by atoms with E-state index in [1.54, 1.807) is 17.8 Å². The van der Waals surface area contributed by atoms with Crippen LogP contribution in [0.25, 0.3) is 0 Å². The summed E-state index contributed by atoms with van der Waals surface area (Å²) in [6.45, 7) is 1.94. The number of pyridine rings is 1. The highest BCUT2D eigenvalue weighted by Gasteiger charge is 2.14. The number of nitrogens with one attached hydrogen (secondary N) is 1. The monoisotopic (exact) mass is 240 g/mol.